The van der Waals surface area contributed by atoms with Crippen LogP contribution < -0.4 is 5.32 Å². The molecule has 4 aromatic rings. The topological polar surface area (TPSA) is 88.5 Å². The van der Waals surface area contributed by atoms with Crippen molar-refractivity contribution >= 4 is 34.6 Å². The lowest BCUT2D eigenvalue weighted by Crippen LogP contribution is -2.21. The molecule has 0 aliphatic carbocycles. The van der Waals surface area contributed by atoms with Gasteiger partial charge < -0.3 is 10.3 Å². The van der Waals surface area contributed by atoms with Gasteiger partial charge in [-0.25, -0.2) is 4.68 Å². The lowest BCUT2D eigenvalue weighted by atomic mass is 10.1. The Hall–Kier alpha value is -3.81. The van der Waals surface area contributed by atoms with Gasteiger partial charge in [0.15, 0.2) is 5.69 Å². The monoisotopic (exact) mass is 484 g/mol. The Labute approximate surface area is 185 Å². The highest BCUT2D eigenvalue weighted by Gasteiger charge is 2.41. The Morgan fingerprint density at radius 3 is 2.48 bits per heavy atom. The average Bonchev–Trinajstić information content (AvgIpc) is 3.19. The highest BCUT2D eigenvalue weighted by Crippen LogP contribution is 2.35. The zero-order valence-corrected chi connectivity index (χ0v) is 16.8. The first-order valence-corrected chi connectivity index (χ1v) is 9.33. The summed E-state index contributed by atoms with van der Waals surface area (Å²) in [7, 11) is 0. The molecule has 2 N–H and O–H groups in total. The first-order valence-electron chi connectivity index (χ1n) is 8.92. The van der Waals surface area contributed by atoms with E-state index in [4.69, 9.17) is 12.2 Å². The van der Waals surface area contributed by atoms with Gasteiger partial charge in [0.25, 0.3) is 5.91 Å². The number of hydrogen-bond donors (Lipinski definition) is 2. The molecule has 0 unspecified atom stereocenters. The third-order valence-electron chi connectivity index (χ3n) is 4.49. The number of anilines is 1. The van der Waals surface area contributed by atoms with Crippen LogP contribution in [0.25, 0.3) is 16.5 Å². The zero-order valence-electron chi connectivity index (χ0n) is 16.0. The Bertz CT molecular complexity index is 1420. The van der Waals surface area contributed by atoms with Crippen LogP contribution in [-0.2, 0) is 12.4 Å². The number of rotatable bonds is 3. The molecule has 0 aliphatic rings. The number of H-pyrrole nitrogens is 1. The summed E-state index contributed by atoms with van der Waals surface area (Å²) in [4.78, 5) is 22.4. The minimum atomic E-state index is -5.04. The van der Waals surface area contributed by atoms with Gasteiger partial charge in [-0.05, 0) is 18.2 Å². The van der Waals surface area contributed by atoms with E-state index in [1.807, 2.05) is 5.32 Å². The molecule has 4 rings (SSSR count). The van der Waals surface area contributed by atoms with E-state index in [1.165, 1.54) is 18.5 Å². The zero-order chi connectivity index (χ0) is 24.0. The quantitative estimate of drug-likeness (QED) is 0.310. The van der Waals surface area contributed by atoms with E-state index in [0.29, 0.717) is 27.7 Å². The third kappa shape index (κ3) is 4.28. The van der Waals surface area contributed by atoms with E-state index in [2.05, 4.69) is 20.1 Å². The second-order valence-corrected chi connectivity index (χ2v) is 7.03. The van der Waals surface area contributed by atoms with Crippen LogP contribution in [0.15, 0.2) is 49.2 Å². The van der Waals surface area contributed by atoms with E-state index in [1.54, 1.807) is 0 Å². The van der Waals surface area contributed by atoms with Crippen LogP contribution in [-0.4, -0.2) is 30.6 Å². The highest BCUT2D eigenvalue weighted by atomic mass is 32.1. The summed E-state index contributed by atoms with van der Waals surface area (Å²) in [6.07, 6.45) is -4.47. The van der Waals surface area contributed by atoms with Crippen molar-refractivity contribution in [3.05, 3.63) is 70.8 Å². The van der Waals surface area contributed by atoms with E-state index < -0.39 is 35.2 Å². The Kier molecular flexibility index (Phi) is 5.40. The Morgan fingerprint density at radius 2 is 1.79 bits per heavy atom. The van der Waals surface area contributed by atoms with Crippen molar-refractivity contribution in [2.24, 2.45) is 0 Å². The minimum absolute atomic E-state index is 0.0951. The number of alkyl halides is 6. The van der Waals surface area contributed by atoms with Gasteiger partial charge in [-0.2, -0.15) is 31.4 Å². The molecule has 14 heteroatoms. The van der Waals surface area contributed by atoms with Crippen LogP contribution in [0.5, 0.6) is 0 Å². The Balaban J connectivity index is 1.81. The average molecular weight is 484 g/mol. The number of aromatic nitrogens is 5. The molecule has 4 heterocycles. The fourth-order valence-corrected chi connectivity index (χ4v) is 3.33. The van der Waals surface area contributed by atoms with E-state index in [9.17, 15) is 31.1 Å². The molecular formula is C19H10F6N6OS. The van der Waals surface area contributed by atoms with Crippen molar-refractivity contribution in [3.8, 4) is 5.69 Å². The number of carbonyl (C=O) groups excluding carboxylic acids is 1. The summed E-state index contributed by atoms with van der Waals surface area (Å²) >= 11 is 5.13. The number of fused-ring (bicyclic) bond motifs is 1. The number of carbonyl (C=O) groups is 1. The molecule has 0 spiro atoms. The maximum Gasteiger partial charge on any atom is 0.434 e. The molecule has 4 aromatic heterocycles. The number of halogens is 6. The van der Waals surface area contributed by atoms with Crippen LogP contribution in [0.4, 0.5) is 32.0 Å². The molecule has 0 radical (unpaired) electrons. The van der Waals surface area contributed by atoms with Crippen LogP contribution in [0.1, 0.15) is 21.7 Å². The van der Waals surface area contributed by atoms with Gasteiger partial charge in [-0.1, -0.05) is 12.2 Å². The highest BCUT2D eigenvalue weighted by molar-refractivity contribution is 7.71. The van der Waals surface area contributed by atoms with Crippen molar-refractivity contribution in [2.75, 3.05) is 5.32 Å². The fraction of sp³-hybridized carbons (Fsp3) is 0.105. The molecule has 0 aromatic carbocycles. The lowest BCUT2D eigenvalue weighted by Gasteiger charge is -2.14. The molecule has 0 saturated heterocycles. The van der Waals surface area contributed by atoms with Gasteiger partial charge >= 0.3 is 12.4 Å². The van der Waals surface area contributed by atoms with Gasteiger partial charge in [0.2, 0.25) is 0 Å². The molecule has 0 aliphatic heterocycles. The van der Waals surface area contributed by atoms with Gasteiger partial charge in [0.05, 0.1) is 23.6 Å². The largest absolute Gasteiger partial charge is 0.434 e. The van der Waals surface area contributed by atoms with Crippen LogP contribution in [0.3, 0.4) is 0 Å². The number of pyridine rings is 3. The molecule has 0 saturated carbocycles. The maximum absolute atomic E-state index is 14.0. The number of amides is 1. The first kappa shape index (κ1) is 22.4. The van der Waals surface area contributed by atoms with Gasteiger partial charge in [0, 0.05) is 35.1 Å². The molecule has 1 amide bonds. The van der Waals surface area contributed by atoms with Crippen molar-refractivity contribution in [1.29, 1.82) is 0 Å². The Morgan fingerprint density at radius 1 is 1.03 bits per heavy atom. The fourth-order valence-electron chi connectivity index (χ4n) is 3.09. The summed E-state index contributed by atoms with van der Waals surface area (Å²) in [6.45, 7) is 0. The predicted octanol–water partition coefficient (Wildman–Crippen LogP) is 5.16. The minimum Gasteiger partial charge on any atom is -0.352 e. The first-order chi connectivity index (χ1) is 15.5. The normalized spacial score (nSPS) is 12.2. The number of aromatic amines is 1. The number of nitrogens with zero attached hydrogens (tertiary/aromatic N) is 4. The third-order valence-corrected chi connectivity index (χ3v) is 4.83. The SMILES string of the molecule is O=C(Nc1ccnc(C(F)(F)F)c1)c1cnn(-c2cncc3c(=S)[nH]ccc23)c1C(F)(F)F. The maximum atomic E-state index is 14.0. The summed E-state index contributed by atoms with van der Waals surface area (Å²) in [5.41, 5.74) is -4.13. The van der Waals surface area contributed by atoms with E-state index in [0.717, 1.165) is 18.5 Å². The van der Waals surface area contributed by atoms with Gasteiger partial charge in [0.1, 0.15) is 10.3 Å². The van der Waals surface area contributed by atoms with Crippen molar-refractivity contribution in [3.63, 3.8) is 0 Å². The molecule has 0 atom stereocenters. The van der Waals surface area contributed by atoms with Gasteiger partial charge in [-0.15, -0.1) is 0 Å². The van der Waals surface area contributed by atoms with Crippen LogP contribution in [0.2, 0.25) is 0 Å². The van der Waals surface area contributed by atoms with Crippen molar-refractivity contribution in [1.82, 2.24) is 24.7 Å². The summed E-state index contributed by atoms with van der Waals surface area (Å²) in [5.74, 6) is -1.31. The van der Waals surface area contributed by atoms with Crippen LogP contribution >= 0.6 is 12.2 Å². The van der Waals surface area contributed by atoms with Crippen molar-refractivity contribution in [2.45, 2.75) is 12.4 Å². The molecular weight excluding hydrogens is 474 g/mol. The standard InChI is InChI=1S/C19H10F6N6OS/c20-18(21,22)14-5-9(1-3-27-14)30-16(32)12-7-29-31(15(12)19(23,24)25)13-8-26-6-11-10(13)2-4-28-17(11)33/h1-8H,(H,28,33)(H,27,30,32). The molecule has 0 bridgehead atoms. The molecule has 33 heavy (non-hydrogen) atoms. The van der Waals surface area contributed by atoms with Crippen LogP contribution in [0, 0.1) is 4.64 Å². The second kappa shape index (κ2) is 7.95. The number of nitrogens with one attached hydrogen (secondary N) is 2. The summed E-state index contributed by atoms with van der Waals surface area (Å²) in [5, 5.41) is 6.38. The summed E-state index contributed by atoms with van der Waals surface area (Å²) < 4.78 is 81.2. The van der Waals surface area contributed by atoms with Gasteiger partial charge in [-0.3, -0.25) is 14.8 Å². The smallest absolute Gasteiger partial charge is 0.352 e. The van der Waals surface area contributed by atoms with Crippen molar-refractivity contribution < 1.29 is 31.1 Å². The predicted molar refractivity (Wildman–Crippen MR) is 106 cm³/mol. The lowest BCUT2D eigenvalue weighted by molar-refractivity contribution is -0.143. The molecule has 170 valence electrons. The number of hydrogen-bond acceptors (Lipinski definition) is 5. The second-order valence-electron chi connectivity index (χ2n) is 6.62. The summed E-state index contributed by atoms with van der Waals surface area (Å²) in [6, 6.07) is 2.99. The van der Waals surface area contributed by atoms with E-state index >= 15 is 0 Å². The van der Waals surface area contributed by atoms with E-state index in [-0.39, 0.29) is 16.0 Å². The molecule has 0 fully saturated rings. The molecule has 7 nitrogen and oxygen atoms in total.